The summed E-state index contributed by atoms with van der Waals surface area (Å²) in [6.07, 6.45) is 0. The summed E-state index contributed by atoms with van der Waals surface area (Å²) in [5, 5.41) is 0. The lowest BCUT2D eigenvalue weighted by atomic mass is 10.9. The Morgan fingerprint density at radius 3 is 1.73 bits per heavy atom. The molecule has 11 heavy (non-hydrogen) atoms. The van der Waals surface area contributed by atoms with E-state index in [1.54, 1.807) is 7.11 Å². The van der Waals surface area contributed by atoms with Crippen LogP contribution in [0.25, 0.3) is 0 Å². The summed E-state index contributed by atoms with van der Waals surface area (Å²) < 4.78 is 11.3. The first-order valence-corrected chi connectivity index (χ1v) is 10.9. The zero-order valence-corrected chi connectivity index (χ0v) is 10.5. The number of hydrogen-bond acceptors (Lipinski definition) is 2. The van der Waals surface area contributed by atoms with Gasteiger partial charge in [0, 0.05) is 13.7 Å². The predicted octanol–water partition coefficient (Wildman–Crippen LogP) is 2.16. The van der Waals surface area contributed by atoms with Gasteiger partial charge in [0.25, 0.3) is 0 Å². The molecule has 0 saturated carbocycles. The van der Waals surface area contributed by atoms with E-state index < -0.39 is 15.7 Å². The van der Waals surface area contributed by atoms with Crippen molar-refractivity contribution in [2.75, 3.05) is 13.7 Å². The van der Waals surface area contributed by atoms with Gasteiger partial charge in [-0.05, 0) is 33.1 Å². The molecule has 0 bridgehead atoms. The van der Waals surface area contributed by atoms with Crippen LogP contribution in [0.4, 0.5) is 0 Å². The Morgan fingerprint density at radius 1 is 1.00 bits per heavy atom. The van der Waals surface area contributed by atoms with E-state index in [0.29, 0.717) is 0 Å². The van der Waals surface area contributed by atoms with Crippen molar-refractivity contribution in [3.05, 3.63) is 0 Å². The van der Waals surface area contributed by atoms with E-state index in [2.05, 4.69) is 33.1 Å². The lowest BCUT2D eigenvalue weighted by molar-refractivity contribution is 0.327. The lowest BCUT2D eigenvalue weighted by Crippen LogP contribution is -2.58. The molecule has 4 heteroatoms. The molecule has 0 aliphatic rings. The molecule has 0 spiro atoms. The summed E-state index contributed by atoms with van der Waals surface area (Å²) in [5.41, 5.74) is 0. The van der Waals surface area contributed by atoms with Crippen LogP contribution in [0.5, 0.6) is 0 Å². The second-order valence-corrected chi connectivity index (χ2v) is 17.6. The molecular weight excluding hydrogens is 172 g/mol. The molecule has 0 rings (SSSR count). The molecule has 0 aromatic carbocycles. The van der Waals surface area contributed by atoms with Crippen LogP contribution in [0.3, 0.4) is 0 Å². The van der Waals surface area contributed by atoms with Gasteiger partial charge in [0.05, 0.1) is 0 Å². The predicted molar refractivity (Wildman–Crippen MR) is 53.6 cm³/mol. The third-order valence-electron chi connectivity index (χ3n) is 2.47. The maximum absolute atomic E-state index is 5.76. The fourth-order valence-corrected chi connectivity index (χ4v) is 5.29. The molecule has 2 nitrogen and oxygen atoms in total. The normalized spacial score (nSPS) is 13.6. The van der Waals surface area contributed by atoms with Crippen LogP contribution >= 0.6 is 0 Å². The molecule has 0 aliphatic heterocycles. The monoisotopic (exact) mass is 192 g/mol. The summed E-state index contributed by atoms with van der Waals surface area (Å²) in [7, 11) is -1.22. The van der Waals surface area contributed by atoms with E-state index in [9.17, 15) is 0 Å². The Bertz CT molecular complexity index is 124. The van der Waals surface area contributed by atoms with E-state index in [4.69, 9.17) is 8.85 Å². The average Bonchev–Trinajstić information content (AvgIpc) is 1.87. The molecule has 0 saturated heterocycles. The molecule has 0 unspecified atom stereocenters. The number of rotatable bonds is 4. The Balaban J connectivity index is 4.26. The minimum absolute atomic E-state index is 0.818. The summed E-state index contributed by atoms with van der Waals surface area (Å²) in [6.45, 7) is 11.8. The third kappa shape index (κ3) is 2.70. The van der Waals surface area contributed by atoms with Gasteiger partial charge in [-0.2, -0.15) is 0 Å². The Hall–Kier alpha value is 0.354. The molecule has 0 N–H and O–H groups in total. The van der Waals surface area contributed by atoms with Gasteiger partial charge in [0.1, 0.15) is 0 Å². The standard InChI is InChI=1S/C7H20O2Si2/c1-7-9-11(5,6)10(3,4)8-2/h7H2,1-6H3. The SMILES string of the molecule is CCO[Si](C)(C)[Si](C)(C)OC. The van der Waals surface area contributed by atoms with Crippen LogP contribution in [0, 0.1) is 0 Å². The van der Waals surface area contributed by atoms with Crippen molar-refractivity contribution in [3.63, 3.8) is 0 Å². The second kappa shape index (κ2) is 3.84. The van der Waals surface area contributed by atoms with Gasteiger partial charge in [0.15, 0.2) is 0 Å². The summed E-state index contributed by atoms with van der Waals surface area (Å²) in [6, 6.07) is 0. The van der Waals surface area contributed by atoms with Crippen molar-refractivity contribution in [1.29, 1.82) is 0 Å². The lowest BCUT2D eigenvalue weighted by Gasteiger charge is -2.35. The molecular formula is C7H20O2Si2. The van der Waals surface area contributed by atoms with Gasteiger partial charge in [-0.3, -0.25) is 0 Å². The fourth-order valence-electron chi connectivity index (χ4n) is 0.780. The second-order valence-electron chi connectivity index (χ2n) is 3.66. The van der Waals surface area contributed by atoms with Crippen molar-refractivity contribution in [2.45, 2.75) is 33.1 Å². The quantitative estimate of drug-likeness (QED) is 0.636. The molecule has 0 amide bonds. The number of hydrogen-bond donors (Lipinski definition) is 0. The van der Waals surface area contributed by atoms with Crippen LogP contribution < -0.4 is 0 Å². The topological polar surface area (TPSA) is 18.5 Å². The van der Waals surface area contributed by atoms with Crippen LogP contribution in [-0.2, 0) is 8.85 Å². The van der Waals surface area contributed by atoms with Gasteiger partial charge in [-0.15, -0.1) is 0 Å². The molecule has 0 atom stereocenters. The van der Waals surface area contributed by atoms with Gasteiger partial charge in [-0.25, -0.2) is 0 Å². The van der Waals surface area contributed by atoms with Crippen LogP contribution in [0.1, 0.15) is 6.92 Å². The van der Waals surface area contributed by atoms with Crippen molar-refractivity contribution < 1.29 is 8.85 Å². The highest BCUT2D eigenvalue weighted by molar-refractivity contribution is 7.35. The minimum atomic E-state index is -1.51. The molecule has 0 aliphatic carbocycles. The highest BCUT2D eigenvalue weighted by atomic mass is 29.3. The first kappa shape index (κ1) is 11.4. The average molecular weight is 192 g/mol. The van der Waals surface area contributed by atoms with Gasteiger partial charge < -0.3 is 8.85 Å². The van der Waals surface area contributed by atoms with Crippen LogP contribution in [0.15, 0.2) is 0 Å². The van der Waals surface area contributed by atoms with Crippen molar-refractivity contribution in [3.8, 4) is 0 Å². The van der Waals surface area contributed by atoms with E-state index in [-0.39, 0.29) is 0 Å². The molecule has 0 radical (unpaired) electrons. The maximum Gasteiger partial charge on any atom is 0.204 e. The van der Waals surface area contributed by atoms with E-state index >= 15 is 0 Å². The minimum Gasteiger partial charge on any atom is -0.420 e. The summed E-state index contributed by atoms with van der Waals surface area (Å²) >= 11 is 0. The van der Waals surface area contributed by atoms with Crippen LogP contribution in [0.2, 0.25) is 26.2 Å². The Morgan fingerprint density at radius 2 is 1.45 bits per heavy atom. The fraction of sp³-hybridized carbons (Fsp3) is 1.00. The maximum atomic E-state index is 5.76. The molecule has 0 aromatic heterocycles. The third-order valence-corrected chi connectivity index (χ3v) is 17.1. The molecule has 0 aromatic rings. The molecule has 0 heterocycles. The Kier molecular flexibility index (Phi) is 3.97. The highest BCUT2D eigenvalue weighted by Gasteiger charge is 2.43. The largest absolute Gasteiger partial charge is 0.420 e. The van der Waals surface area contributed by atoms with Crippen LogP contribution in [-0.4, -0.2) is 29.4 Å². The van der Waals surface area contributed by atoms with Gasteiger partial charge >= 0.3 is 0 Å². The summed E-state index contributed by atoms with van der Waals surface area (Å²) in [5.74, 6) is 0. The van der Waals surface area contributed by atoms with Gasteiger partial charge in [-0.1, -0.05) is 0 Å². The Labute approximate surface area is 72.0 Å². The van der Waals surface area contributed by atoms with E-state index in [1.807, 2.05) is 0 Å². The summed E-state index contributed by atoms with van der Waals surface area (Å²) in [4.78, 5) is 0. The zero-order valence-electron chi connectivity index (χ0n) is 8.52. The van der Waals surface area contributed by atoms with Crippen molar-refractivity contribution in [2.24, 2.45) is 0 Å². The molecule has 68 valence electrons. The first-order chi connectivity index (χ1) is 4.87. The van der Waals surface area contributed by atoms with Gasteiger partial charge in [0.2, 0.25) is 15.7 Å². The highest BCUT2D eigenvalue weighted by Crippen LogP contribution is 2.20. The van der Waals surface area contributed by atoms with Crippen molar-refractivity contribution >= 4 is 15.7 Å². The smallest absolute Gasteiger partial charge is 0.204 e. The van der Waals surface area contributed by atoms with E-state index in [0.717, 1.165) is 6.61 Å². The zero-order chi connectivity index (χ0) is 9.12. The van der Waals surface area contributed by atoms with E-state index in [1.165, 1.54) is 0 Å². The van der Waals surface area contributed by atoms with Crippen molar-refractivity contribution in [1.82, 2.24) is 0 Å². The molecule has 0 fully saturated rings. The first-order valence-electron chi connectivity index (χ1n) is 4.06.